The lowest BCUT2D eigenvalue weighted by molar-refractivity contribution is 0.181. The number of nitrogens with two attached hydrogens (primary N) is 1. The minimum absolute atomic E-state index is 0.219. The summed E-state index contributed by atoms with van der Waals surface area (Å²) in [5.41, 5.74) is 6.91. The molecule has 0 fully saturated rings. The minimum Gasteiger partial charge on any atom is -0.496 e. The van der Waals surface area contributed by atoms with Crippen LogP contribution in [-0.4, -0.2) is 25.9 Å². The van der Waals surface area contributed by atoms with Crippen LogP contribution in [0.15, 0.2) is 12.1 Å². The van der Waals surface area contributed by atoms with Crippen LogP contribution in [0.4, 0.5) is 4.39 Å². The molecule has 1 atom stereocenters. The number of halogens is 1. The maximum atomic E-state index is 13.2. The molecule has 4 nitrogen and oxygen atoms in total. The molecule has 0 aromatic heterocycles. The van der Waals surface area contributed by atoms with Crippen LogP contribution in [0.2, 0.25) is 0 Å². The first-order valence-corrected chi connectivity index (χ1v) is 4.85. The molecule has 0 spiro atoms. The smallest absolute Gasteiger partial charge is 0.127 e. The van der Waals surface area contributed by atoms with E-state index in [-0.39, 0.29) is 13.2 Å². The fraction of sp³-hybridized carbons (Fsp3) is 0.455. The summed E-state index contributed by atoms with van der Waals surface area (Å²) in [4.78, 5) is 0. The maximum absolute atomic E-state index is 13.2. The van der Waals surface area contributed by atoms with E-state index in [4.69, 9.17) is 20.3 Å². The predicted octanol–water partition coefficient (Wildman–Crippen LogP) is 0.973. The summed E-state index contributed by atoms with van der Waals surface area (Å²) in [6.07, 6.45) is 0. The Kier molecular flexibility index (Phi) is 4.67. The highest BCUT2D eigenvalue weighted by atomic mass is 19.1. The van der Waals surface area contributed by atoms with Crippen LogP contribution >= 0.6 is 0 Å². The zero-order valence-electron chi connectivity index (χ0n) is 9.37. The SMILES string of the molecule is COCc1cc(F)cc(OC)c1C(N)CO. The quantitative estimate of drug-likeness (QED) is 0.789. The number of aliphatic hydroxyl groups excluding tert-OH is 1. The number of rotatable bonds is 5. The van der Waals surface area contributed by atoms with Gasteiger partial charge in [-0.15, -0.1) is 0 Å². The van der Waals surface area contributed by atoms with Crippen molar-refractivity contribution < 1.29 is 19.0 Å². The largest absolute Gasteiger partial charge is 0.496 e. The average molecular weight is 229 g/mol. The highest BCUT2D eigenvalue weighted by Crippen LogP contribution is 2.29. The summed E-state index contributed by atoms with van der Waals surface area (Å²) in [6, 6.07) is 1.96. The molecule has 3 N–H and O–H groups in total. The molecule has 1 rings (SSSR count). The second kappa shape index (κ2) is 5.79. The van der Waals surface area contributed by atoms with Gasteiger partial charge in [0.15, 0.2) is 0 Å². The highest BCUT2D eigenvalue weighted by molar-refractivity contribution is 5.43. The Bertz CT molecular complexity index is 357. The second-order valence-corrected chi connectivity index (χ2v) is 3.40. The highest BCUT2D eigenvalue weighted by Gasteiger charge is 2.17. The molecule has 0 radical (unpaired) electrons. The number of benzene rings is 1. The molecule has 16 heavy (non-hydrogen) atoms. The molecule has 1 aromatic carbocycles. The van der Waals surface area contributed by atoms with E-state index in [1.807, 2.05) is 0 Å². The van der Waals surface area contributed by atoms with Crippen molar-refractivity contribution in [2.24, 2.45) is 5.73 Å². The van der Waals surface area contributed by atoms with Gasteiger partial charge in [0.1, 0.15) is 11.6 Å². The lowest BCUT2D eigenvalue weighted by atomic mass is 10.00. The first-order valence-electron chi connectivity index (χ1n) is 4.85. The molecule has 0 aliphatic heterocycles. The summed E-state index contributed by atoms with van der Waals surface area (Å²) in [7, 11) is 2.94. The Hall–Kier alpha value is -1.17. The number of aliphatic hydroxyl groups is 1. The van der Waals surface area contributed by atoms with Crippen LogP contribution in [0.1, 0.15) is 17.2 Å². The molecule has 1 aromatic rings. The number of ether oxygens (including phenoxy) is 2. The van der Waals surface area contributed by atoms with Crippen LogP contribution in [-0.2, 0) is 11.3 Å². The van der Waals surface area contributed by atoms with Gasteiger partial charge < -0.3 is 20.3 Å². The zero-order valence-corrected chi connectivity index (χ0v) is 9.37. The summed E-state index contributed by atoms with van der Waals surface area (Å²) in [5.74, 6) is -0.0913. The van der Waals surface area contributed by atoms with Gasteiger partial charge in [0.05, 0.1) is 26.4 Å². The van der Waals surface area contributed by atoms with E-state index in [0.717, 1.165) is 0 Å². The van der Waals surface area contributed by atoms with Gasteiger partial charge in [-0.3, -0.25) is 0 Å². The summed E-state index contributed by atoms with van der Waals surface area (Å²) >= 11 is 0. The van der Waals surface area contributed by atoms with Gasteiger partial charge in [0.25, 0.3) is 0 Å². The van der Waals surface area contributed by atoms with E-state index in [1.165, 1.54) is 26.4 Å². The van der Waals surface area contributed by atoms with Crippen molar-refractivity contribution >= 4 is 0 Å². The third kappa shape index (κ3) is 2.69. The molecule has 90 valence electrons. The Balaban J connectivity index is 3.26. The van der Waals surface area contributed by atoms with Crippen molar-refractivity contribution in [3.63, 3.8) is 0 Å². The fourth-order valence-electron chi connectivity index (χ4n) is 1.60. The molecular formula is C11H16FNO3. The zero-order chi connectivity index (χ0) is 12.1. The van der Waals surface area contributed by atoms with Crippen molar-refractivity contribution in [3.05, 3.63) is 29.1 Å². The van der Waals surface area contributed by atoms with Crippen LogP contribution < -0.4 is 10.5 Å². The molecule has 0 aliphatic carbocycles. The number of hydrogen-bond donors (Lipinski definition) is 2. The van der Waals surface area contributed by atoms with E-state index < -0.39 is 11.9 Å². The molecule has 5 heteroatoms. The number of methoxy groups -OCH3 is 2. The van der Waals surface area contributed by atoms with E-state index >= 15 is 0 Å². The molecule has 0 aliphatic rings. The summed E-state index contributed by atoms with van der Waals surface area (Å²) in [5, 5.41) is 9.06. The predicted molar refractivity (Wildman–Crippen MR) is 57.7 cm³/mol. The monoisotopic (exact) mass is 229 g/mol. The van der Waals surface area contributed by atoms with Gasteiger partial charge in [-0.05, 0) is 11.6 Å². The van der Waals surface area contributed by atoms with E-state index in [0.29, 0.717) is 16.9 Å². The van der Waals surface area contributed by atoms with Crippen LogP contribution in [0.5, 0.6) is 5.75 Å². The maximum Gasteiger partial charge on any atom is 0.127 e. The van der Waals surface area contributed by atoms with Crippen LogP contribution in [0, 0.1) is 5.82 Å². The van der Waals surface area contributed by atoms with Gasteiger partial charge in [-0.2, -0.15) is 0 Å². The lowest BCUT2D eigenvalue weighted by Crippen LogP contribution is -2.18. The van der Waals surface area contributed by atoms with E-state index in [2.05, 4.69) is 0 Å². The Morgan fingerprint density at radius 2 is 2.12 bits per heavy atom. The third-order valence-electron chi connectivity index (χ3n) is 2.28. The third-order valence-corrected chi connectivity index (χ3v) is 2.28. The fourth-order valence-corrected chi connectivity index (χ4v) is 1.60. The van der Waals surface area contributed by atoms with Crippen molar-refractivity contribution in [3.8, 4) is 5.75 Å². The van der Waals surface area contributed by atoms with Crippen molar-refractivity contribution in [2.75, 3.05) is 20.8 Å². The Morgan fingerprint density at radius 1 is 1.44 bits per heavy atom. The van der Waals surface area contributed by atoms with Gasteiger partial charge in [-0.1, -0.05) is 0 Å². The lowest BCUT2D eigenvalue weighted by Gasteiger charge is -2.18. The molecule has 0 bridgehead atoms. The minimum atomic E-state index is -0.610. The van der Waals surface area contributed by atoms with Crippen molar-refractivity contribution in [1.29, 1.82) is 0 Å². The van der Waals surface area contributed by atoms with Crippen LogP contribution in [0.25, 0.3) is 0 Å². The second-order valence-electron chi connectivity index (χ2n) is 3.40. The van der Waals surface area contributed by atoms with Gasteiger partial charge in [0.2, 0.25) is 0 Å². The van der Waals surface area contributed by atoms with Gasteiger partial charge in [0, 0.05) is 18.7 Å². The molecule has 0 heterocycles. The standard InChI is InChI=1S/C11H16FNO3/c1-15-6-7-3-8(12)4-10(16-2)11(7)9(13)5-14/h3-4,9,14H,5-6,13H2,1-2H3. The van der Waals surface area contributed by atoms with Gasteiger partial charge >= 0.3 is 0 Å². The normalized spacial score (nSPS) is 12.6. The van der Waals surface area contributed by atoms with E-state index in [9.17, 15) is 4.39 Å². The van der Waals surface area contributed by atoms with Crippen LogP contribution in [0.3, 0.4) is 0 Å². The molecular weight excluding hydrogens is 213 g/mol. The van der Waals surface area contributed by atoms with Gasteiger partial charge in [-0.25, -0.2) is 4.39 Å². The first-order chi connectivity index (χ1) is 7.63. The topological polar surface area (TPSA) is 64.7 Å². The van der Waals surface area contributed by atoms with Crippen molar-refractivity contribution in [1.82, 2.24) is 0 Å². The molecule has 1 unspecified atom stereocenters. The Labute approximate surface area is 93.8 Å². The van der Waals surface area contributed by atoms with Crippen molar-refractivity contribution in [2.45, 2.75) is 12.6 Å². The average Bonchev–Trinajstić information content (AvgIpc) is 2.27. The summed E-state index contributed by atoms with van der Waals surface area (Å²) < 4.78 is 23.3. The van der Waals surface area contributed by atoms with E-state index in [1.54, 1.807) is 0 Å². The number of hydrogen-bond acceptors (Lipinski definition) is 4. The first kappa shape index (κ1) is 12.9. The molecule has 0 saturated carbocycles. The Morgan fingerprint density at radius 3 is 2.62 bits per heavy atom. The molecule has 0 saturated heterocycles. The summed E-state index contributed by atoms with van der Waals surface area (Å²) in [6.45, 7) is -0.0180. The molecule has 0 amide bonds.